The van der Waals surface area contributed by atoms with Crippen LogP contribution in [0.1, 0.15) is 26.7 Å². The molecule has 1 aliphatic heterocycles. The summed E-state index contributed by atoms with van der Waals surface area (Å²) in [4.78, 5) is 17.8. The standard InChI is InChI=1S/C14H20ClN3O/c1-3-5-11-8-18(9-13(11)17-10(2)19)14-12(15)6-4-7-16-14/h4,6-7,11,13H,3,5,8-9H2,1-2H3,(H,17,19)/t11-,13-/m1/s1. The average Bonchev–Trinajstić information content (AvgIpc) is 2.72. The maximum atomic E-state index is 11.3. The van der Waals surface area contributed by atoms with Crippen LogP contribution < -0.4 is 10.2 Å². The van der Waals surface area contributed by atoms with Crippen LogP contribution in [0.3, 0.4) is 0 Å². The van der Waals surface area contributed by atoms with Crippen molar-refractivity contribution in [1.82, 2.24) is 10.3 Å². The van der Waals surface area contributed by atoms with Crippen LogP contribution in [0.4, 0.5) is 5.82 Å². The minimum Gasteiger partial charge on any atom is -0.353 e. The molecular formula is C14H20ClN3O. The van der Waals surface area contributed by atoms with Crippen LogP contribution in [0.15, 0.2) is 18.3 Å². The van der Waals surface area contributed by atoms with Gasteiger partial charge in [0.2, 0.25) is 5.91 Å². The van der Waals surface area contributed by atoms with Crippen molar-refractivity contribution in [2.75, 3.05) is 18.0 Å². The van der Waals surface area contributed by atoms with E-state index in [1.807, 2.05) is 12.1 Å². The lowest BCUT2D eigenvalue weighted by atomic mass is 9.98. The van der Waals surface area contributed by atoms with E-state index in [0.717, 1.165) is 31.7 Å². The quantitative estimate of drug-likeness (QED) is 0.922. The Morgan fingerprint density at radius 3 is 3.00 bits per heavy atom. The minimum atomic E-state index is 0.0278. The topological polar surface area (TPSA) is 45.2 Å². The van der Waals surface area contributed by atoms with Crippen molar-refractivity contribution in [3.05, 3.63) is 23.4 Å². The molecule has 0 aromatic carbocycles. The molecule has 0 saturated carbocycles. The second-order valence-electron chi connectivity index (χ2n) is 5.07. The van der Waals surface area contributed by atoms with E-state index in [-0.39, 0.29) is 11.9 Å². The van der Waals surface area contributed by atoms with Crippen LogP contribution >= 0.6 is 11.6 Å². The number of amides is 1. The van der Waals surface area contributed by atoms with Gasteiger partial charge in [0.25, 0.3) is 0 Å². The Kier molecular flexibility index (Phi) is 4.64. The number of carbonyl (C=O) groups excluding carboxylic acids is 1. The van der Waals surface area contributed by atoms with Crippen LogP contribution in [-0.2, 0) is 4.79 Å². The van der Waals surface area contributed by atoms with Gasteiger partial charge in [-0.05, 0) is 24.5 Å². The molecule has 0 bridgehead atoms. The molecule has 2 heterocycles. The Hall–Kier alpha value is -1.29. The smallest absolute Gasteiger partial charge is 0.217 e. The third kappa shape index (κ3) is 3.38. The summed E-state index contributed by atoms with van der Waals surface area (Å²) >= 11 is 6.19. The van der Waals surface area contributed by atoms with Gasteiger partial charge in [0, 0.05) is 26.2 Å². The first kappa shape index (κ1) is 14.1. The number of carbonyl (C=O) groups is 1. The highest BCUT2D eigenvalue weighted by molar-refractivity contribution is 6.32. The van der Waals surface area contributed by atoms with Crippen LogP contribution in [0.25, 0.3) is 0 Å². The van der Waals surface area contributed by atoms with Gasteiger partial charge in [-0.15, -0.1) is 0 Å². The zero-order valence-corrected chi connectivity index (χ0v) is 12.2. The van der Waals surface area contributed by atoms with Gasteiger partial charge in [-0.25, -0.2) is 4.98 Å². The molecule has 1 aliphatic rings. The summed E-state index contributed by atoms with van der Waals surface area (Å²) in [5, 5.41) is 3.71. The van der Waals surface area contributed by atoms with E-state index < -0.39 is 0 Å². The second-order valence-corrected chi connectivity index (χ2v) is 5.48. The Balaban J connectivity index is 2.13. The summed E-state index contributed by atoms with van der Waals surface area (Å²) in [5.41, 5.74) is 0. The lowest BCUT2D eigenvalue weighted by Gasteiger charge is -2.18. The van der Waals surface area contributed by atoms with E-state index in [0.29, 0.717) is 10.9 Å². The summed E-state index contributed by atoms with van der Waals surface area (Å²) in [7, 11) is 0. The van der Waals surface area contributed by atoms with Crippen LogP contribution in [0.2, 0.25) is 5.02 Å². The number of pyridine rings is 1. The predicted molar refractivity (Wildman–Crippen MR) is 77.5 cm³/mol. The van der Waals surface area contributed by atoms with Crippen molar-refractivity contribution in [2.45, 2.75) is 32.7 Å². The molecule has 1 amide bonds. The number of anilines is 1. The Bertz CT molecular complexity index is 452. The molecule has 5 heteroatoms. The maximum Gasteiger partial charge on any atom is 0.217 e. The summed E-state index contributed by atoms with van der Waals surface area (Å²) < 4.78 is 0. The van der Waals surface area contributed by atoms with Gasteiger partial charge in [-0.1, -0.05) is 24.9 Å². The van der Waals surface area contributed by atoms with Crippen molar-refractivity contribution < 1.29 is 4.79 Å². The van der Waals surface area contributed by atoms with Crippen LogP contribution in [0.5, 0.6) is 0 Å². The van der Waals surface area contributed by atoms with Crippen LogP contribution in [-0.4, -0.2) is 30.0 Å². The highest BCUT2D eigenvalue weighted by Gasteiger charge is 2.33. The van der Waals surface area contributed by atoms with E-state index >= 15 is 0 Å². The van der Waals surface area contributed by atoms with Gasteiger partial charge in [0.1, 0.15) is 5.82 Å². The summed E-state index contributed by atoms with van der Waals surface area (Å²) in [6.07, 6.45) is 3.97. The van der Waals surface area contributed by atoms with E-state index in [4.69, 9.17) is 11.6 Å². The van der Waals surface area contributed by atoms with Gasteiger partial charge in [-0.3, -0.25) is 4.79 Å². The average molecular weight is 282 g/mol. The van der Waals surface area contributed by atoms with Crippen LogP contribution in [0, 0.1) is 5.92 Å². The number of hydrogen-bond acceptors (Lipinski definition) is 3. The predicted octanol–water partition coefficient (Wildman–Crippen LogP) is 2.48. The lowest BCUT2D eigenvalue weighted by molar-refractivity contribution is -0.119. The molecule has 0 radical (unpaired) electrons. The number of halogens is 1. The molecule has 2 atom stereocenters. The first-order chi connectivity index (χ1) is 9.11. The minimum absolute atomic E-state index is 0.0278. The fourth-order valence-electron chi connectivity index (χ4n) is 2.74. The molecule has 0 aliphatic carbocycles. The second kappa shape index (κ2) is 6.24. The molecular weight excluding hydrogens is 262 g/mol. The van der Waals surface area contributed by atoms with E-state index in [1.165, 1.54) is 0 Å². The molecule has 1 N–H and O–H groups in total. The molecule has 1 fully saturated rings. The zero-order valence-electron chi connectivity index (χ0n) is 11.4. The highest BCUT2D eigenvalue weighted by atomic mass is 35.5. The van der Waals surface area contributed by atoms with E-state index in [9.17, 15) is 4.79 Å². The molecule has 1 aromatic heterocycles. The Morgan fingerprint density at radius 2 is 2.37 bits per heavy atom. The Labute approximate surface area is 119 Å². The number of nitrogens with one attached hydrogen (secondary N) is 1. The highest BCUT2D eigenvalue weighted by Crippen LogP contribution is 2.30. The van der Waals surface area contributed by atoms with Gasteiger partial charge in [-0.2, -0.15) is 0 Å². The molecule has 4 nitrogen and oxygen atoms in total. The molecule has 19 heavy (non-hydrogen) atoms. The van der Waals surface area contributed by atoms with E-state index in [2.05, 4.69) is 22.1 Å². The lowest BCUT2D eigenvalue weighted by Crippen LogP contribution is -2.39. The maximum absolute atomic E-state index is 11.3. The van der Waals surface area contributed by atoms with Crippen molar-refractivity contribution >= 4 is 23.3 Å². The molecule has 104 valence electrons. The zero-order chi connectivity index (χ0) is 13.8. The fraction of sp³-hybridized carbons (Fsp3) is 0.571. The van der Waals surface area contributed by atoms with Gasteiger partial charge >= 0.3 is 0 Å². The monoisotopic (exact) mass is 281 g/mol. The van der Waals surface area contributed by atoms with Crippen molar-refractivity contribution in [1.29, 1.82) is 0 Å². The Morgan fingerprint density at radius 1 is 1.58 bits per heavy atom. The normalized spacial score (nSPS) is 22.6. The largest absolute Gasteiger partial charge is 0.353 e. The van der Waals surface area contributed by atoms with Crippen molar-refractivity contribution in [3.63, 3.8) is 0 Å². The number of hydrogen-bond donors (Lipinski definition) is 1. The van der Waals surface area contributed by atoms with Gasteiger partial charge in [0.15, 0.2) is 0 Å². The molecule has 1 aromatic rings. The molecule has 1 saturated heterocycles. The third-order valence-corrected chi connectivity index (χ3v) is 3.82. The number of aromatic nitrogens is 1. The number of rotatable bonds is 4. The summed E-state index contributed by atoms with van der Waals surface area (Å²) in [5.74, 6) is 1.31. The summed E-state index contributed by atoms with van der Waals surface area (Å²) in [6, 6.07) is 3.87. The first-order valence-electron chi connectivity index (χ1n) is 6.74. The molecule has 2 rings (SSSR count). The SMILES string of the molecule is CCC[C@@H]1CN(c2ncccc2Cl)C[C@H]1NC(C)=O. The molecule has 0 spiro atoms. The van der Waals surface area contributed by atoms with Crippen molar-refractivity contribution in [2.24, 2.45) is 5.92 Å². The third-order valence-electron chi connectivity index (χ3n) is 3.53. The van der Waals surface area contributed by atoms with Gasteiger partial charge < -0.3 is 10.2 Å². The van der Waals surface area contributed by atoms with Gasteiger partial charge in [0.05, 0.1) is 11.1 Å². The molecule has 0 unspecified atom stereocenters. The first-order valence-corrected chi connectivity index (χ1v) is 7.12. The van der Waals surface area contributed by atoms with E-state index in [1.54, 1.807) is 13.1 Å². The number of nitrogens with zero attached hydrogens (tertiary/aromatic N) is 2. The van der Waals surface area contributed by atoms with Crippen molar-refractivity contribution in [3.8, 4) is 0 Å². The summed E-state index contributed by atoms with van der Waals surface area (Å²) in [6.45, 7) is 5.41. The fourth-order valence-corrected chi connectivity index (χ4v) is 2.98.